The summed E-state index contributed by atoms with van der Waals surface area (Å²) in [6.07, 6.45) is 0. The molecule has 4 N–H and O–H groups in total. The van der Waals surface area contributed by atoms with E-state index in [1.54, 1.807) is 0 Å². The minimum absolute atomic E-state index is 0.571. The first kappa shape index (κ1) is 13.0. The predicted molar refractivity (Wildman–Crippen MR) is 38.6 cm³/mol. The molecule has 7 nitrogen and oxygen atoms in total. The summed E-state index contributed by atoms with van der Waals surface area (Å²) in [5.41, 5.74) is 5.32. The van der Waals surface area contributed by atoms with Gasteiger partial charge in [-0.15, -0.1) is 10.2 Å². The fourth-order valence-corrected chi connectivity index (χ4v) is 1.91. The summed E-state index contributed by atoms with van der Waals surface area (Å²) in [4.78, 5) is 3.80. The molecule has 1 aliphatic rings. The van der Waals surface area contributed by atoms with Gasteiger partial charge in [0.2, 0.25) is 0 Å². The second-order valence-electron chi connectivity index (χ2n) is 1.57. The summed E-state index contributed by atoms with van der Waals surface area (Å²) in [5.74, 6) is 0. The highest BCUT2D eigenvalue weighted by molar-refractivity contribution is 8.30. The molecule has 10 heteroatoms. The van der Waals surface area contributed by atoms with Crippen molar-refractivity contribution in [2.24, 2.45) is 10.7 Å². The van der Waals surface area contributed by atoms with E-state index in [-0.39, 0.29) is 0 Å². The van der Waals surface area contributed by atoms with Gasteiger partial charge in [0.25, 0.3) is 5.17 Å². The highest BCUT2D eigenvalue weighted by Gasteiger charge is 2.14. The number of rotatable bonds is 0. The monoisotopic (exact) mass is 247 g/mol. The smallest absolute Gasteiger partial charge is 0.354 e. The number of hydrogen-bond acceptors (Lipinski definition) is 7. The molecule has 0 fully saturated rings. The number of nitrogens with two attached hydrogens (primary N) is 2. The maximum absolute atomic E-state index is 8.49. The van der Waals surface area contributed by atoms with Gasteiger partial charge in [-0.3, -0.25) is 5.41 Å². The molecule has 1 rings (SSSR count). The van der Waals surface area contributed by atoms with Gasteiger partial charge in [0.1, 0.15) is 0 Å². The van der Waals surface area contributed by atoms with Crippen LogP contribution in [0.25, 0.3) is 0 Å². The van der Waals surface area contributed by atoms with E-state index in [1.807, 2.05) is 0 Å². The highest BCUT2D eigenvalue weighted by Crippen LogP contribution is 2.17. The number of thioether (sulfide) groups is 2. The number of nitrogens with zero attached hydrogens (tertiary/aromatic N) is 1. The van der Waals surface area contributed by atoms with E-state index < -0.39 is 10.2 Å². The third kappa shape index (κ3) is 12.0. The Bertz CT molecular complexity index is 211. The third-order valence-corrected chi connectivity index (χ3v) is 2.35. The largest absolute Gasteiger partial charge is 0.357 e. The van der Waals surface area contributed by atoms with Crippen molar-refractivity contribution in [3.8, 4) is 0 Å². The zero-order valence-electron chi connectivity index (χ0n) is 6.14. The van der Waals surface area contributed by atoms with Gasteiger partial charge in [0.05, 0.1) is 5.08 Å². The van der Waals surface area contributed by atoms with Gasteiger partial charge in [0.15, 0.2) is 0 Å². The van der Waals surface area contributed by atoms with E-state index in [9.17, 15) is 0 Å². The molecule has 0 aromatic heterocycles. The van der Waals surface area contributed by atoms with E-state index in [1.165, 1.54) is 23.5 Å². The van der Waals surface area contributed by atoms with E-state index >= 15 is 0 Å². The highest BCUT2D eigenvalue weighted by atomic mass is 35.7. The molecule has 0 saturated carbocycles. The fraction of sp³-hybridized carbons (Fsp3) is 0.333. The van der Waals surface area contributed by atoms with Crippen molar-refractivity contribution in [2.45, 2.75) is 0 Å². The molecule has 1 aliphatic heterocycles. The Morgan fingerprint density at radius 2 is 1.77 bits per heavy atom. The van der Waals surface area contributed by atoms with Gasteiger partial charge < -0.3 is 5.73 Å². The minimum Gasteiger partial charge on any atom is -0.357 e. The molecule has 76 valence electrons. The quantitative estimate of drug-likeness (QED) is 0.431. The maximum Gasteiger partial charge on any atom is 0.354 e. The molecule has 0 aromatic carbocycles. The Kier molecular flexibility index (Phi) is 5.64. The van der Waals surface area contributed by atoms with Gasteiger partial charge in [-0.2, -0.15) is 0 Å². The van der Waals surface area contributed by atoms with Crippen molar-refractivity contribution in [3.05, 3.63) is 0 Å². The minimum atomic E-state index is -4.94. The SMILES string of the molecule is NC1=NC(=[NH2+])SCS1.[O-][Cl+3]([O-])([O-])[O-]. The number of halogens is 1. The summed E-state index contributed by atoms with van der Waals surface area (Å²) >= 11 is 3.02. The molecule has 1 heterocycles. The van der Waals surface area contributed by atoms with E-state index in [2.05, 4.69) is 4.99 Å². The number of aliphatic imine (C=N–C) groups is 1. The molecular formula is C3H6ClN3O4S2. The van der Waals surface area contributed by atoms with Gasteiger partial charge in [-0.1, -0.05) is 0 Å². The van der Waals surface area contributed by atoms with Gasteiger partial charge in [-0.25, -0.2) is 18.6 Å². The van der Waals surface area contributed by atoms with Crippen LogP contribution < -0.4 is 29.8 Å². The van der Waals surface area contributed by atoms with Crippen LogP contribution in [0.15, 0.2) is 4.99 Å². The second-order valence-corrected chi connectivity index (χ2v) is 4.69. The summed E-state index contributed by atoms with van der Waals surface area (Å²) in [5, 5.41) is 7.36. The van der Waals surface area contributed by atoms with Crippen LogP contribution in [0.4, 0.5) is 0 Å². The molecule has 0 spiro atoms. The zero-order chi connectivity index (χ0) is 10.5. The number of hydrogen-bond donors (Lipinski definition) is 2. The van der Waals surface area contributed by atoms with Crippen LogP contribution in [0.1, 0.15) is 0 Å². The predicted octanol–water partition coefficient (Wildman–Crippen LogP) is -5.90. The van der Waals surface area contributed by atoms with Crippen molar-refractivity contribution >= 4 is 33.9 Å². The molecular weight excluding hydrogens is 242 g/mol. The summed E-state index contributed by atoms with van der Waals surface area (Å²) in [6.45, 7) is 0. The molecule has 0 aromatic rings. The first-order valence-corrected chi connectivity index (χ1v) is 5.83. The van der Waals surface area contributed by atoms with E-state index in [0.717, 1.165) is 5.08 Å². The zero-order valence-corrected chi connectivity index (χ0v) is 8.53. The lowest BCUT2D eigenvalue weighted by Gasteiger charge is -2.17. The topological polar surface area (TPSA) is 156 Å². The van der Waals surface area contributed by atoms with Crippen LogP contribution in [-0.4, -0.2) is 15.4 Å². The second kappa shape index (κ2) is 5.65. The maximum atomic E-state index is 8.49. The third-order valence-electron chi connectivity index (χ3n) is 0.634. The molecule has 13 heavy (non-hydrogen) atoms. The normalized spacial score (nSPS) is 17.2. The van der Waals surface area contributed by atoms with Crippen LogP contribution in [0.5, 0.6) is 0 Å². The van der Waals surface area contributed by atoms with Crippen LogP contribution in [0, 0.1) is 10.2 Å². The molecule has 0 saturated heterocycles. The summed E-state index contributed by atoms with van der Waals surface area (Å²) in [7, 11) is -4.94. The Hall–Kier alpha value is -0.0300. The van der Waals surface area contributed by atoms with Gasteiger partial charge >= 0.3 is 5.17 Å². The van der Waals surface area contributed by atoms with Crippen molar-refractivity contribution in [2.75, 3.05) is 5.08 Å². The molecule has 0 bridgehead atoms. The van der Waals surface area contributed by atoms with E-state index in [4.69, 9.17) is 29.8 Å². The summed E-state index contributed by atoms with van der Waals surface area (Å²) in [6, 6.07) is 0. The average molecular weight is 248 g/mol. The average Bonchev–Trinajstić information content (AvgIpc) is 1.81. The Morgan fingerprint density at radius 1 is 1.31 bits per heavy atom. The Labute approximate surface area is 84.3 Å². The van der Waals surface area contributed by atoms with Crippen LogP contribution in [0.2, 0.25) is 0 Å². The molecule has 0 radical (unpaired) electrons. The Morgan fingerprint density at radius 3 is 2.00 bits per heavy atom. The molecule has 0 atom stereocenters. The first-order valence-electron chi connectivity index (χ1n) is 2.63. The van der Waals surface area contributed by atoms with E-state index in [0.29, 0.717) is 10.3 Å². The Balaban J connectivity index is 0.000000252. The first-order chi connectivity index (χ1) is 5.79. The van der Waals surface area contributed by atoms with Gasteiger partial charge in [-0.05, 0) is 28.5 Å². The van der Waals surface area contributed by atoms with Crippen LogP contribution in [-0.2, 0) is 0 Å². The molecule has 0 amide bonds. The molecule has 0 aliphatic carbocycles. The lowest BCUT2D eigenvalue weighted by atomic mass is 11.2. The summed E-state index contributed by atoms with van der Waals surface area (Å²) < 4.78 is 34.0. The molecule has 0 unspecified atom stereocenters. The van der Waals surface area contributed by atoms with Crippen molar-refractivity contribution in [3.63, 3.8) is 0 Å². The number of amidine groups is 2. The lowest BCUT2D eigenvalue weighted by molar-refractivity contribution is -2.00. The van der Waals surface area contributed by atoms with Crippen molar-refractivity contribution in [1.82, 2.24) is 0 Å². The van der Waals surface area contributed by atoms with Crippen LogP contribution in [0.3, 0.4) is 0 Å². The fourth-order valence-electron chi connectivity index (χ4n) is 0.323. The standard InChI is InChI=1S/C3H5N3S2.ClHO4/c4-2-6-3(5)8-1-7-2;2-1(3,4)5/h1H2,(H3,4,5,6);(H,2,3,4,5). The van der Waals surface area contributed by atoms with Crippen molar-refractivity contribution in [1.29, 1.82) is 0 Å². The van der Waals surface area contributed by atoms with Crippen molar-refractivity contribution < 1.29 is 34.3 Å². The van der Waals surface area contributed by atoms with Gasteiger partial charge in [0, 0.05) is 0 Å². The van der Waals surface area contributed by atoms with Crippen LogP contribution >= 0.6 is 23.5 Å². The lowest BCUT2D eigenvalue weighted by Crippen LogP contribution is -2.68.